The highest BCUT2D eigenvalue weighted by molar-refractivity contribution is 7.87. The van der Waals surface area contributed by atoms with Gasteiger partial charge in [-0.05, 0) is 29.7 Å². The maximum absolute atomic E-state index is 12.2. The molecule has 0 fully saturated rings. The topological polar surface area (TPSA) is 66.5 Å². The van der Waals surface area contributed by atoms with Crippen molar-refractivity contribution in [3.8, 4) is 0 Å². The SMILES string of the molecule is CN(Cc1ccccc1)S(=O)(=O)NC(=O)CCc1cccc(Cl)c1. The van der Waals surface area contributed by atoms with Gasteiger partial charge in [-0.25, -0.2) is 4.72 Å². The van der Waals surface area contributed by atoms with Crippen molar-refractivity contribution in [2.45, 2.75) is 19.4 Å². The molecule has 2 rings (SSSR count). The standard InChI is InChI=1S/C17H19ClN2O3S/c1-20(13-15-6-3-2-4-7-15)24(22,23)19-17(21)11-10-14-8-5-9-16(18)12-14/h2-9,12H,10-11,13H2,1H3,(H,19,21). The molecule has 0 aliphatic rings. The summed E-state index contributed by atoms with van der Waals surface area (Å²) in [6, 6.07) is 16.3. The molecule has 0 unspecified atom stereocenters. The van der Waals surface area contributed by atoms with E-state index in [2.05, 4.69) is 4.72 Å². The molecule has 24 heavy (non-hydrogen) atoms. The average Bonchev–Trinajstić information content (AvgIpc) is 2.53. The molecule has 7 heteroatoms. The summed E-state index contributed by atoms with van der Waals surface area (Å²) >= 11 is 5.88. The van der Waals surface area contributed by atoms with E-state index < -0.39 is 16.1 Å². The molecular weight excluding hydrogens is 348 g/mol. The first-order chi connectivity index (χ1) is 11.4. The van der Waals surface area contributed by atoms with Gasteiger partial charge in [-0.2, -0.15) is 12.7 Å². The summed E-state index contributed by atoms with van der Waals surface area (Å²) in [6.45, 7) is 0.192. The Morgan fingerprint density at radius 1 is 1.08 bits per heavy atom. The minimum absolute atomic E-state index is 0.0682. The number of rotatable bonds is 7. The van der Waals surface area contributed by atoms with Crippen molar-refractivity contribution < 1.29 is 13.2 Å². The Hall–Kier alpha value is -1.89. The Morgan fingerprint density at radius 3 is 2.42 bits per heavy atom. The highest BCUT2D eigenvalue weighted by Crippen LogP contribution is 2.12. The highest BCUT2D eigenvalue weighted by Gasteiger charge is 2.20. The number of nitrogens with zero attached hydrogens (tertiary/aromatic N) is 1. The molecule has 0 heterocycles. The maximum atomic E-state index is 12.2. The second-order valence-corrected chi connectivity index (χ2v) is 7.62. The van der Waals surface area contributed by atoms with Crippen LogP contribution in [0.15, 0.2) is 54.6 Å². The quantitative estimate of drug-likeness (QED) is 0.819. The number of hydrogen-bond donors (Lipinski definition) is 1. The summed E-state index contributed by atoms with van der Waals surface area (Å²) < 4.78 is 27.6. The summed E-state index contributed by atoms with van der Waals surface area (Å²) in [7, 11) is -2.43. The molecule has 1 N–H and O–H groups in total. The van der Waals surface area contributed by atoms with E-state index in [0.29, 0.717) is 11.4 Å². The first-order valence-corrected chi connectivity index (χ1v) is 9.24. The van der Waals surface area contributed by atoms with E-state index >= 15 is 0 Å². The monoisotopic (exact) mass is 366 g/mol. The number of benzene rings is 2. The van der Waals surface area contributed by atoms with Crippen molar-refractivity contribution in [3.63, 3.8) is 0 Å². The van der Waals surface area contributed by atoms with E-state index in [1.807, 2.05) is 36.4 Å². The Morgan fingerprint density at radius 2 is 1.75 bits per heavy atom. The molecule has 0 bridgehead atoms. The van der Waals surface area contributed by atoms with Crippen LogP contribution in [0.1, 0.15) is 17.5 Å². The first kappa shape index (κ1) is 18.4. The normalized spacial score (nSPS) is 11.5. The van der Waals surface area contributed by atoms with Crippen molar-refractivity contribution in [3.05, 3.63) is 70.7 Å². The van der Waals surface area contributed by atoms with E-state index in [1.165, 1.54) is 7.05 Å². The number of carbonyl (C=O) groups is 1. The van der Waals surface area contributed by atoms with Gasteiger partial charge in [0.05, 0.1) is 0 Å². The fourth-order valence-electron chi connectivity index (χ4n) is 2.15. The molecule has 0 saturated carbocycles. The molecule has 128 valence electrons. The van der Waals surface area contributed by atoms with Gasteiger partial charge in [-0.3, -0.25) is 4.79 Å². The molecule has 0 spiro atoms. The van der Waals surface area contributed by atoms with Gasteiger partial charge in [-0.15, -0.1) is 0 Å². The third kappa shape index (κ3) is 5.63. The molecule has 0 atom stereocenters. The minimum Gasteiger partial charge on any atom is -0.274 e. The Kier molecular flexibility index (Phi) is 6.36. The second kappa shape index (κ2) is 8.28. The average molecular weight is 367 g/mol. The molecule has 1 amide bonds. The smallest absolute Gasteiger partial charge is 0.274 e. The van der Waals surface area contributed by atoms with Crippen LogP contribution in [0.3, 0.4) is 0 Å². The number of amides is 1. The van der Waals surface area contributed by atoms with E-state index in [4.69, 9.17) is 11.6 Å². The summed E-state index contributed by atoms with van der Waals surface area (Å²) in [5, 5.41) is 0.586. The van der Waals surface area contributed by atoms with Gasteiger partial charge in [0.2, 0.25) is 5.91 Å². The maximum Gasteiger partial charge on any atom is 0.303 e. The molecular formula is C17H19ClN2O3S. The zero-order valence-corrected chi connectivity index (χ0v) is 14.8. The molecule has 2 aromatic carbocycles. The van der Waals surface area contributed by atoms with E-state index in [0.717, 1.165) is 15.4 Å². The van der Waals surface area contributed by atoms with E-state index in [9.17, 15) is 13.2 Å². The second-order valence-electron chi connectivity index (χ2n) is 5.40. The van der Waals surface area contributed by atoms with Crippen LogP contribution in [0.5, 0.6) is 0 Å². The Labute approximate surface area is 147 Å². The predicted molar refractivity (Wildman–Crippen MR) is 94.7 cm³/mol. The van der Waals surface area contributed by atoms with Crippen LogP contribution in [-0.4, -0.2) is 25.7 Å². The molecule has 0 aliphatic carbocycles. The van der Waals surface area contributed by atoms with Crippen LogP contribution in [0.4, 0.5) is 0 Å². The summed E-state index contributed by atoms with van der Waals surface area (Å²) in [5.74, 6) is -0.546. The van der Waals surface area contributed by atoms with Crippen molar-refractivity contribution in [2.75, 3.05) is 7.05 Å². The van der Waals surface area contributed by atoms with Crippen molar-refractivity contribution >= 4 is 27.7 Å². The van der Waals surface area contributed by atoms with Crippen LogP contribution in [0, 0.1) is 0 Å². The fourth-order valence-corrected chi connectivity index (χ4v) is 3.23. The lowest BCUT2D eigenvalue weighted by atomic mass is 10.1. The van der Waals surface area contributed by atoms with Gasteiger partial charge in [0.25, 0.3) is 0 Å². The lowest BCUT2D eigenvalue weighted by Gasteiger charge is -2.17. The molecule has 0 radical (unpaired) electrons. The van der Waals surface area contributed by atoms with Crippen molar-refractivity contribution in [2.24, 2.45) is 0 Å². The predicted octanol–water partition coefficient (Wildman–Crippen LogP) is 2.77. The number of aryl methyl sites for hydroxylation is 1. The Bertz CT molecular complexity index is 794. The molecule has 5 nitrogen and oxygen atoms in total. The number of hydrogen-bond acceptors (Lipinski definition) is 3. The lowest BCUT2D eigenvalue weighted by Crippen LogP contribution is -2.41. The van der Waals surface area contributed by atoms with Crippen LogP contribution in [0.25, 0.3) is 0 Å². The zero-order valence-electron chi connectivity index (χ0n) is 13.3. The minimum atomic E-state index is -3.86. The van der Waals surface area contributed by atoms with Crippen LogP contribution in [0.2, 0.25) is 5.02 Å². The lowest BCUT2D eigenvalue weighted by molar-refractivity contribution is -0.119. The van der Waals surface area contributed by atoms with Gasteiger partial charge >= 0.3 is 10.2 Å². The zero-order chi connectivity index (χ0) is 17.6. The number of halogens is 1. The number of nitrogens with one attached hydrogen (secondary N) is 1. The van der Waals surface area contributed by atoms with Gasteiger partial charge in [-0.1, -0.05) is 54.1 Å². The van der Waals surface area contributed by atoms with Crippen LogP contribution < -0.4 is 4.72 Å². The van der Waals surface area contributed by atoms with E-state index in [-0.39, 0.29) is 13.0 Å². The number of carbonyl (C=O) groups excluding carboxylic acids is 1. The van der Waals surface area contributed by atoms with Gasteiger partial charge in [0, 0.05) is 25.0 Å². The first-order valence-electron chi connectivity index (χ1n) is 7.42. The summed E-state index contributed by atoms with van der Waals surface area (Å²) in [6.07, 6.45) is 0.489. The Balaban J connectivity index is 1.89. The molecule has 2 aromatic rings. The van der Waals surface area contributed by atoms with Crippen LogP contribution >= 0.6 is 11.6 Å². The van der Waals surface area contributed by atoms with Crippen molar-refractivity contribution in [1.29, 1.82) is 0 Å². The van der Waals surface area contributed by atoms with Crippen molar-refractivity contribution in [1.82, 2.24) is 9.03 Å². The largest absolute Gasteiger partial charge is 0.303 e. The highest BCUT2D eigenvalue weighted by atomic mass is 35.5. The van der Waals surface area contributed by atoms with Gasteiger partial charge in [0.15, 0.2) is 0 Å². The van der Waals surface area contributed by atoms with Gasteiger partial charge in [0.1, 0.15) is 0 Å². The molecule has 0 saturated heterocycles. The summed E-state index contributed by atoms with van der Waals surface area (Å²) in [4.78, 5) is 11.9. The third-order valence-corrected chi connectivity index (χ3v) is 5.10. The fraction of sp³-hybridized carbons (Fsp3) is 0.235. The van der Waals surface area contributed by atoms with Crippen LogP contribution in [-0.2, 0) is 28.0 Å². The summed E-state index contributed by atoms with van der Waals surface area (Å²) in [5.41, 5.74) is 1.73. The third-order valence-electron chi connectivity index (χ3n) is 3.43. The van der Waals surface area contributed by atoms with E-state index in [1.54, 1.807) is 18.2 Å². The molecule has 0 aromatic heterocycles. The van der Waals surface area contributed by atoms with Gasteiger partial charge < -0.3 is 0 Å². The molecule has 0 aliphatic heterocycles.